The average Bonchev–Trinajstić information content (AvgIpc) is 2.93. The first-order valence-corrected chi connectivity index (χ1v) is 8.02. The monoisotopic (exact) mass is 354 g/mol. The van der Waals surface area contributed by atoms with E-state index in [4.69, 9.17) is 4.74 Å². The van der Waals surface area contributed by atoms with Crippen LogP contribution in [0.1, 0.15) is 17.2 Å². The van der Waals surface area contributed by atoms with Crippen molar-refractivity contribution in [2.24, 2.45) is 0 Å². The highest BCUT2D eigenvalue weighted by Crippen LogP contribution is 2.39. The van der Waals surface area contributed by atoms with E-state index < -0.39 is 17.7 Å². The molecule has 0 bridgehead atoms. The van der Waals surface area contributed by atoms with Crippen molar-refractivity contribution in [2.75, 3.05) is 20.3 Å². The summed E-state index contributed by atoms with van der Waals surface area (Å²) in [5, 5.41) is 20.0. The van der Waals surface area contributed by atoms with E-state index in [0.717, 1.165) is 0 Å². The predicted octanol–water partition coefficient (Wildman–Crippen LogP) is 1.50. The number of pyridine rings is 1. The van der Waals surface area contributed by atoms with Crippen LogP contribution in [0.25, 0.3) is 5.76 Å². The molecule has 3 rings (SSSR count). The van der Waals surface area contributed by atoms with Crippen LogP contribution in [0.4, 0.5) is 0 Å². The highest BCUT2D eigenvalue weighted by molar-refractivity contribution is 6.46. The number of Topliss-reactive ketones (excluding diaryl/α,β-unsaturated/α-hetero) is 1. The molecule has 1 saturated heterocycles. The molecule has 7 nitrogen and oxygen atoms in total. The van der Waals surface area contributed by atoms with Crippen LogP contribution in [0.3, 0.4) is 0 Å². The molecule has 1 aromatic carbocycles. The lowest BCUT2D eigenvalue weighted by molar-refractivity contribution is -0.140. The Hall–Kier alpha value is -3.19. The number of benzene rings is 1. The molecule has 0 aliphatic carbocycles. The van der Waals surface area contributed by atoms with E-state index in [1.807, 2.05) is 0 Å². The number of nitrogens with zero attached hydrogens (tertiary/aromatic N) is 2. The summed E-state index contributed by atoms with van der Waals surface area (Å²) in [5.41, 5.74) is 1.01. The average molecular weight is 354 g/mol. The Balaban J connectivity index is 2.14. The summed E-state index contributed by atoms with van der Waals surface area (Å²) in [6, 6.07) is 9.08. The van der Waals surface area contributed by atoms with Gasteiger partial charge >= 0.3 is 0 Å². The normalized spacial score (nSPS) is 19.0. The summed E-state index contributed by atoms with van der Waals surface area (Å²) in [4.78, 5) is 30.2. The first-order chi connectivity index (χ1) is 12.6. The van der Waals surface area contributed by atoms with E-state index >= 15 is 0 Å². The molecule has 2 heterocycles. The van der Waals surface area contributed by atoms with Gasteiger partial charge in [0.1, 0.15) is 11.5 Å². The second-order valence-electron chi connectivity index (χ2n) is 5.73. The molecule has 26 heavy (non-hydrogen) atoms. The number of rotatable bonds is 5. The second-order valence-corrected chi connectivity index (χ2v) is 5.73. The number of carbonyl (C=O) groups excluding carboxylic acids is 2. The van der Waals surface area contributed by atoms with Crippen molar-refractivity contribution in [3.63, 3.8) is 0 Å². The smallest absolute Gasteiger partial charge is 0.295 e. The number of methoxy groups -OCH3 is 1. The van der Waals surface area contributed by atoms with Gasteiger partial charge in [0.05, 0.1) is 25.3 Å². The maximum atomic E-state index is 12.6. The van der Waals surface area contributed by atoms with Crippen LogP contribution in [0, 0.1) is 0 Å². The minimum Gasteiger partial charge on any atom is -0.507 e. The van der Waals surface area contributed by atoms with Crippen molar-refractivity contribution in [3.8, 4) is 5.75 Å². The van der Waals surface area contributed by atoms with Crippen molar-refractivity contribution >= 4 is 17.4 Å². The lowest BCUT2D eigenvalue weighted by Gasteiger charge is -2.24. The van der Waals surface area contributed by atoms with Crippen LogP contribution in [-0.2, 0) is 9.59 Å². The maximum Gasteiger partial charge on any atom is 0.295 e. The molecule has 1 atom stereocenters. The molecular formula is C19H18N2O5. The molecule has 134 valence electrons. The van der Waals surface area contributed by atoms with Gasteiger partial charge in [0.15, 0.2) is 0 Å². The first-order valence-electron chi connectivity index (χ1n) is 8.02. The Morgan fingerprint density at radius 3 is 2.38 bits per heavy atom. The van der Waals surface area contributed by atoms with Crippen molar-refractivity contribution in [1.82, 2.24) is 9.88 Å². The number of amides is 1. The lowest BCUT2D eigenvalue weighted by atomic mass is 9.96. The van der Waals surface area contributed by atoms with Crippen molar-refractivity contribution in [2.45, 2.75) is 6.04 Å². The van der Waals surface area contributed by atoms with Gasteiger partial charge in [-0.15, -0.1) is 0 Å². The molecule has 2 aromatic rings. The van der Waals surface area contributed by atoms with E-state index in [1.54, 1.807) is 48.8 Å². The first kappa shape index (κ1) is 17.6. The fourth-order valence-corrected chi connectivity index (χ4v) is 3.02. The number of aromatic nitrogens is 1. The van der Waals surface area contributed by atoms with Crippen LogP contribution < -0.4 is 4.74 Å². The summed E-state index contributed by atoms with van der Waals surface area (Å²) in [6.07, 6.45) is 3.09. The molecule has 0 unspecified atom stereocenters. The van der Waals surface area contributed by atoms with E-state index in [9.17, 15) is 19.8 Å². The fraction of sp³-hybridized carbons (Fsp3) is 0.211. The SMILES string of the molecule is COc1ccc(C(O)=C2C(=O)C(=O)N(CCO)[C@H]2c2ccncc2)cc1. The Labute approximate surface area is 150 Å². The summed E-state index contributed by atoms with van der Waals surface area (Å²) in [6.45, 7) is -0.311. The number of aliphatic hydroxyl groups is 2. The van der Waals surface area contributed by atoms with Crippen LogP contribution in [0.5, 0.6) is 5.75 Å². The number of likely N-dealkylation sites (tertiary alicyclic amines) is 1. The quantitative estimate of drug-likeness (QED) is 0.480. The molecule has 0 saturated carbocycles. The molecule has 2 N–H and O–H groups in total. The van der Waals surface area contributed by atoms with Gasteiger partial charge in [-0.1, -0.05) is 0 Å². The molecule has 1 amide bonds. The van der Waals surface area contributed by atoms with Gasteiger partial charge in [0, 0.05) is 24.5 Å². The highest BCUT2D eigenvalue weighted by atomic mass is 16.5. The number of aliphatic hydroxyl groups excluding tert-OH is 2. The number of ether oxygens (including phenoxy) is 1. The summed E-state index contributed by atoms with van der Waals surface area (Å²) in [5.74, 6) is -1.20. The van der Waals surface area contributed by atoms with E-state index in [2.05, 4.69) is 4.98 Å². The van der Waals surface area contributed by atoms with Crippen molar-refractivity contribution in [3.05, 3.63) is 65.5 Å². The summed E-state index contributed by atoms with van der Waals surface area (Å²) < 4.78 is 5.09. The number of carbonyl (C=O) groups is 2. The number of hydrogen-bond donors (Lipinski definition) is 2. The Bertz CT molecular complexity index is 846. The molecule has 7 heteroatoms. The van der Waals surface area contributed by atoms with Gasteiger partial charge < -0.3 is 19.8 Å². The standard InChI is InChI=1S/C19H18N2O5/c1-26-14-4-2-13(3-5-14)17(23)15-16(12-6-8-20-9-7-12)21(10-11-22)19(25)18(15)24/h2-9,16,22-23H,10-11H2,1H3/t16-/m0/s1. The maximum absolute atomic E-state index is 12.6. The molecule has 1 fully saturated rings. The molecule has 1 aliphatic rings. The largest absolute Gasteiger partial charge is 0.507 e. The van der Waals surface area contributed by atoms with Crippen LogP contribution >= 0.6 is 0 Å². The van der Waals surface area contributed by atoms with Gasteiger partial charge in [-0.3, -0.25) is 14.6 Å². The van der Waals surface area contributed by atoms with E-state index in [-0.39, 0.29) is 24.5 Å². The third-order valence-electron chi connectivity index (χ3n) is 4.27. The molecular weight excluding hydrogens is 336 g/mol. The Kier molecular flexibility index (Phi) is 4.99. The highest BCUT2D eigenvalue weighted by Gasteiger charge is 2.45. The van der Waals surface area contributed by atoms with Gasteiger partial charge in [-0.2, -0.15) is 0 Å². The molecule has 0 radical (unpaired) electrons. The van der Waals surface area contributed by atoms with Gasteiger partial charge in [0.25, 0.3) is 11.7 Å². The summed E-state index contributed by atoms with van der Waals surface area (Å²) >= 11 is 0. The van der Waals surface area contributed by atoms with E-state index in [0.29, 0.717) is 16.9 Å². The predicted molar refractivity (Wildman–Crippen MR) is 93.3 cm³/mol. The minimum absolute atomic E-state index is 0.0141. The zero-order valence-corrected chi connectivity index (χ0v) is 14.1. The fourth-order valence-electron chi connectivity index (χ4n) is 3.02. The number of hydrogen-bond acceptors (Lipinski definition) is 6. The molecule has 0 spiro atoms. The molecule has 1 aromatic heterocycles. The van der Waals surface area contributed by atoms with Crippen molar-refractivity contribution < 1.29 is 24.5 Å². The van der Waals surface area contributed by atoms with Gasteiger partial charge in [-0.25, -0.2) is 0 Å². The number of ketones is 1. The zero-order valence-electron chi connectivity index (χ0n) is 14.1. The third-order valence-corrected chi connectivity index (χ3v) is 4.27. The zero-order chi connectivity index (χ0) is 18.7. The minimum atomic E-state index is -0.785. The third kappa shape index (κ3) is 3.04. The lowest BCUT2D eigenvalue weighted by Crippen LogP contribution is -2.32. The summed E-state index contributed by atoms with van der Waals surface area (Å²) in [7, 11) is 1.53. The second kappa shape index (κ2) is 7.37. The Morgan fingerprint density at radius 1 is 1.15 bits per heavy atom. The van der Waals surface area contributed by atoms with Crippen LogP contribution in [-0.4, -0.2) is 52.0 Å². The topological polar surface area (TPSA) is 100.0 Å². The van der Waals surface area contributed by atoms with Crippen LogP contribution in [0.15, 0.2) is 54.4 Å². The number of β-amino-alcohol motifs (C(OH)–C–C–N with tert-alkyl or cyclic N) is 1. The van der Waals surface area contributed by atoms with Crippen molar-refractivity contribution in [1.29, 1.82) is 0 Å². The van der Waals surface area contributed by atoms with Gasteiger partial charge in [0.2, 0.25) is 0 Å². The molecule has 1 aliphatic heterocycles. The van der Waals surface area contributed by atoms with Gasteiger partial charge in [-0.05, 0) is 42.0 Å². The van der Waals surface area contributed by atoms with Crippen LogP contribution in [0.2, 0.25) is 0 Å². The van der Waals surface area contributed by atoms with E-state index in [1.165, 1.54) is 12.0 Å². The Morgan fingerprint density at radius 2 is 1.81 bits per heavy atom.